The summed E-state index contributed by atoms with van der Waals surface area (Å²) in [4.78, 5) is 25.7. The van der Waals surface area contributed by atoms with Crippen LogP contribution in [-0.2, 0) is 9.47 Å². The fraction of sp³-hybridized carbons (Fsp3) is 0.900. The predicted octanol–water partition coefficient (Wildman–Crippen LogP) is 3.14. The van der Waals surface area contributed by atoms with Gasteiger partial charge in [-0.25, -0.2) is 9.59 Å². The average molecular weight is 384 g/mol. The van der Waals surface area contributed by atoms with E-state index in [1.54, 1.807) is 4.90 Å². The van der Waals surface area contributed by atoms with E-state index in [-0.39, 0.29) is 17.6 Å². The number of hydrogen-bond acceptors (Lipinski definition) is 5. The molecule has 1 saturated carbocycles. The van der Waals surface area contributed by atoms with Gasteiger partial charge in [0.05, 0.1) is 0 Å². The second-order valence-corrected chi connectivity index (χ2v) is 10.1. The van der Waals surface area contributed by atoms with Crippen LogP contribution < -0.4 is 10.6 Å². The van der Waals surface area contributed by atoms with Crippen LogP contribution in [0.4, 0.5) is 9.59 Å². The van der Waals surface area contributed by atoms with Gasteiger partial charge in [-0.05, 0) is 73.3 Å². The van der Waals surface area contributed by atoms with Crippen LogP contribution in [0.3, 0.4) is 0 Å². The van der Waals surface area contributed by atoms with Crippen LogP contribution in [-0.4, -0.2) is 61.0 Å². The molecule has 0 aromatic rings. The van der Waals surface area contributed by atoms with Gasteiger partial charge in [-0.2, -0.15) is 0 Å². The molecule has 2 fully saturated rings. The third-order valence-corrected chi connectivity index (χ3v) is 4.83. The number of amides is 2. The zero-order valence-corrected chi connectivity index (χ0v) is 17.8. The Bertz CT molecular complexity index is 532. The molecule has 0 radical (unpaired) electrons. The Morgan fingerprint density at radius 1 is 1.04 bits per heavy atom. The highest BCUT2D eigenvalue weighted by Crippen LogP contribution is 2.44. The standard InChI is InChI=1S/C20H37N3O4/c1-18(2,3)26-16(24)22-14-20(8-9-20)13-21-11-15-7-10-23(12-15)17(25)27-19(4,5)6/h15,21H,7-14H2,1-6H3,(H,22,24). The third-order valence-electron chi connectivity index (χ3n) is 4.83. The van der Waals surface area contributed by atoms with E-state index in [0.29, 0.717) is 12.5 Å². The molecule has 2 aliphatic rings. The van der Waals surface area contributed by atoms with Crippen LogP contribution in [0.25, 0.3) is 0 Å². The van der Waals surface area contributed by atoms with Gasteiger partial charge in [-0.1, -0.05) is 0 Å². The Labute approximate surface area is 163 Å². The lowest BCUT2D eigenvalue weighted by atomic mass is 10.1. The van der Waals surface area contributed by atoms with Gasteiger partial charge >= 0.3 is 12.2 Å². The molecule has 1 heterocycles. The second-order valence-electron chi connectivity index (χ2n) is 10.1. The highest BCUT2D eigenvalue weighted by Gasteiger charge is 2.42. The molecule has 1 atom stereocenters. The van der Waals surface area contributed by atoms with E-state index >= 15 is 0 Å². The van der Waals surface area contributed by atoms with E-state index < -0.39 is 11.2 Å². The van der Waals surface area contributed by atoms with E-state index in [0.717, 1.165) is 45.4 Å². The summed E-state index contributed by atoms with van der Waals surface area (Å²) in [6.45, 7) is 15.2. The van der Waals surface area contributed by atoms with Crippen molar-refractivity contribution < 1.29 is 19.1 Å². The molecule has 0 spiro atoms. The summed E-state index contributed by atoms with van der Waals surface area (Å²) < 4.78 is 10.7. The van der Waals surface area contributed by atoms with E-state index in [1.807, 2.05) is 41.5 Å². The zero-order valence-electron chi connectivity index (χ0n) is 17.8. The summed E-state index contributed by atoms with van der Waals surface area (Å²) >= 11 is 0. The van der Waals surface area contributed by atoms with Gasteiger partial charge in [0.2, 0.25) is 0 Å². The number of rotatable bonds is 6. The Morgan fingerprint density at radius 2 is 1.67 bits per heavy atom. The van der Waals surface area contributed by atoms with Crippen LogP contribution in [0, 0.1) is 11.3 Å². The van der Waals surface area contributed by atoms with Crippen LogP contribution in [0.15, 0.2) is 0 Å². The monoisotopic (exact) mass is 383 g/mol. The molecule has 2 rings (SSSR count). The number of alkyl carbamates (subject to hydrolysis) is 1. The Kier molecular flexibility index (Phi) is 6.66. The largest absolute Gasteiger partial charge is 0.444 e. The maximum atomic E-state index is 12.1. The van der Waals surface area contributed by atoms with Crippen LogP contribution in [0.2, 0.25) is 0 Å². The number of carbonyl (C=O) groups excluding carboxylic acids is 2. The number of hydrogen-bond donors (Lipinski definition) is 2. The van der Waals surface area contributed by atoms with Crippen molar-refractivity contribution in [3.8, 4) is 0 Å². The second kappa shape index (κ2) is 8.25. The molecule has 7 nitrogen and oxygen atoms in total. The number of likely N-dealkylation sites (tertiary alicyclic amines) is 1. The van der Waals surface area contributed by atoms with Crippen molar-refractivity contribution in [3.05, 3.63) is 0 Å². The number of nitrogens with one attached hydrogen (secondary N) is 2. The first kappa shape index (κ1) is 21.8. The SMILES string of the molecule is CC(C)(C)OC(=O)NCC1(CNCC2CCN(C(=O)OC(C)(C)C)C2)CC1. The summed E-state index contributed by atoms with van der Waals surface area (Å²) in [6, 6.07) is 0. The molecule has 0 bridgehead atoms. The molecule has 1 unspecified atom stereocenters. The molecule has 0 aromatic carbocycles. The zero-order chi connectivity index (χ0) is 20.3. The molecule has 27 heavy (non-hydrogen) atoms. The number of ether oxygens (including phenoxy) is 2. The van der Waals surface area contributed by atoms with Gasteiger partial charge in [0, 0.05) is 31.6 Å². The minimum Gasteiger partial charge on any atom is -0.444 e. The van der Waals surface area contributed by atoms with Crippen molar-refractivity contribution in [1.29, 1.82) is 0 Å². The summed E-state index contributed by atoms with van der Waals surface area (Å²) in [5, 5.41) is 6.43. The van der Waals surface area contributed by atoms with Gasteiger partial charge in [-0.15, -0.1) is 0 Å². The van der Waals surface area contributed by atoms with Crippen molar-refractivity contribution >= 4 is 12.2 Å². The highest BCUT2D eigenvalue weighted by atomic mass is 16.6. The van der Waals surface area contributed by atoms with Gasteiger partial charge < -0.3 is 25.0 Å². The average Bonchev–Trinajstić information content (AvgIpc) is 3.09. The van der Waals surface area contributed by atoms with Gasteiger partial charge in [0.1, 0.15) is 11.2 Å². The third kappa shape index (κ3) is 7.95. The minimum absolute atomic E-state index is 0.153. The summed E-state index contributed by atoms with van der Waals surface area (Å²) in [5.74, 6) is 0.451. The van der Waals surface area contributed by atoms with Crippen molar-refractivity contribution in [2.75, 3.05) is 32.7 Å². The van der Waals surface area contributed by atoms with Crippen molar-refractivity contribution in [2.24, 2.45) is 11.3 Å². The minimum atomic E-state index is -0.471. The predicted molar refractivity (Wildman–Crippen MR) is 105 cm³/mol. The molecule has 0 aromatic heterocycles. The first-order chi connectivity index (χ1) is 12.4. The first-order valence-electron chi connectivity index (χ1n) is 10.0. The van der Waals surface area contributed by atoms with E-state index in [4.69, 9.17) is 9.47 Å². The highest BCUT2D eigenvalue weighted by molar-refractivity contribution is 5.68. The maximum Gasteiger partial charge on any atom is 0.410 e. The van der Waals surface area contributed by atoms with Crippen molar-refractivity contribution in [1.82, 2.24) is 15.5 Å². The molecule has 1 aliphatic carbocycles. The van der Waals surface area contributed by atoms with Crippen LogP contribution in [0.5, 0.6) is 0 Å². The Morgan fingerprint density at radius 3 is 2.22 bits per heavy atom. The van der Waals surface area contributed by atoms with Gasteiger partial charge in [0.15, 0.2) is 0 Å². The first-order valence-corrected chi connectivity index (χ1v) is 10.0. The Balaban J connectivity index is 1.64. The summed E-state index contributed by atoms with van der Waals surface area (Å²) in [5.41, 5.74) is -0.769. The molecule has 2 amide bonds. The lowest BCUT2D eigenvalue weighted by molar-refractivity contribution is 0.0288. The topological polar surface area (TPSA) is 79.9 Å². The quantitative estimate of drug-likeness (QED) is 0.737. The van der Waals surface area contributed by atoms with Crippen LogP contribution in [0.1, 0.15) is 60.8 Å². The molecule has 1 aliphatic heterocycles. The smallest absolute Gasteiger partial charge is 0.410 e. The molecule has 2 N–H and O–H groups in total. The molecular weight excluding hydrogens is 346 g/mol. The summed E-state index contributed by atoms with van der Waals surface area (Å²) in [7, 11) is 0. The van der Waals surface area contributed by atoms with Crippen molar-refractivity contribution in [3.63, 3.8) is 0 Å². The van der Waals surface area contributed by atoms with Crippen molar-refractivity contribution in [2.45, 2.75) is 72.0 Å². The number of carbonyl (C=O) groups is 2. The van der Waals surface area contributed by atoms with Crippen LogP contribution >= 0.6 is 0 Å². The van der Waals surface area contributed by atoms with Gasteiger partial charge in [-0.3, -0.25) is 0 Å². The number of nitrogens with zero attached hydrogens (tertiary/aromatic N) is 1. The molecule has 156 valence electrons. The molecule has 1 saturated heterocycles. The maximum absolute atomic E-state index is 12.1. The Hall–Kier alpha value is -1.50. The fourth-order valence-corrected chi connectivity index (χ4v) is 3.20. The van der Waals surface area contributed by atoms with E-state index in [1.165, 1.54) is 0 Å². The fourth-order valence-electron chi connectivity index (χ4n) is 3.20. The molecule has 7 heteroatoms. The molecular formula is C20H37N3O4. The lowest BCUT2D eigenvalue weighted by Crippen LogP contribution is -2.40. The lowest BCUT2D eigenvalue weighted by Gasteiger charge is -2.24. The normalized spacial score (nSPS) is 21.7. The summed E-state index contributed by atoms with van der Waals surface area (Å²) in [6.07, 6.45) is 2.66. The van der Waals surface area contributed by atoms with E-state index in [9.17, 15) is 9.59 Å². The van der Waals surface area contributed by atoms with Gasteiger partial charge in [0.25, 0.3) is 0 Å². The van der Waals surface area contributed by atoms with E-state index in [2.05, 4.69) is 10.6 Å².